The lowest BCUT2D eigenvalue weighted by molar-refractivity contribution is -0.135. The van der Waals surface area contributed by atoms with E-state index in [-0.39, 0.29) is 6.09 Å². The lowest BCUT2D eigenvalue weighted by Gasteiger charge is -2.62. The molecule has 0 heterocycles. The number of amides is 1. The number of rotatable bonds is 9. The normalized spacial score (nSPS) is 42.2. The summed E-state index contributed by atoms with van der Waals surface area (Å²) in [7, 11) is 0. The Morgan fingerprint density at radius 3 is 2.52 bits per heavy atom. The molecule has 1 N–H and O–H groups in total. The highest BCUT2D eigenvalue weighted by Crippen LogP contribution is 2.69. The maximum absolute atomic E-state index is 11.9. The first kappa shape index (κ1) is 25.4. The zero-order valence-corrected chi connectivity index (χ0v) is 22.3. The third kappa shape index (κ3) is 4.99. The molecule has 0 spiro atoms. The van der Waals surface area contributed by atoms with Gasteiger partial charge in [0.2, 0.25) is 0 Å². The zero-order chi connectivity index (χ0) is 23.5. The van der Waals surface area contributed by atoms with Crippen LogP contribution in [0, 0.1) is 46.3 Å². The molecule has 8 atom stereocenters. The summed E-state index contributed by atoms with van der Waals surface area (Å²) in [6.45, 7) is 11.4. The third-order valence-electron chi connectivity index (χ3n) is 11.5. The molecule has 0 aromatic rings. The van der Waals surface area contributed by atoms with Gasteiger partial charge >= 0.3 is 6.09 Å². The van der Waals surface area contributed by atoms with Crippen LogP contribution < -0.4 is 5.32 Å². The molecule has 4 aliphatic rings. The van der Waals surface area contributed by atoms with Crippen molar-refractivity contribution in [2.24, 2.45) is 46.3 Å². The third-order valence-corrected chi connectivity index (χ3v) is 11.5. The van der Waals surface area contributed by atoms with Crippen molar-refractivity contribution in [1.82, 2.24) is 5.32 Å². The van der Waals surface area contributed by atoms with Crippen LogP contribution in [0.1, 0.15) is 124 Å². The summed E-state index contributed by atoms with van der Waals surface area (Å²) in [4.78, 5) is 11.9. The number of unbranched alkanes of at least 4 members (excludes halogenated alkanes) is 2. The molecule has 4 saturated carbocycles. The summed E-state index contributed by atoms with van der Waals surface area (Å²) < 4.78 is 5.49. The molecule has 0 bridgehead atoms. The fourth-order valence-corrected chi connectivity index (χ4v) is 9.71. The van der Waals surface area contributed by atoms with E-state index in [0.29, 0.717) is 17.4 Å². The SMILES string of the molecule is CCCCCNC(=O)OCCCC1CCC2C3C[C@H](CC)C4CCCCC4(C)[C@H]3CCC12C. The number of alkyl carbamates (subject to hydrolysis) is 1. The van der Waals surface area contributed by atoms with Crippen molar-refractivity contribution in [3.63, 3.8) is 0 Å². The molecule has 4 rings (SSSR count). The minimum atomic E-state index is -0.217. The van der Waals surface area contributed by atoms with E-state index in [1.54, 1.807) is 0 Å². The number of nitrogens with one attached hydrogen (secondary N) is 1. The second-order valence-corrected chi connectivity index (χ2v) is 12.9. The molecule has 1 amide bonds. The topological polar surface area (TPSA) is 38.3 Å². The predicted octanol–water partition coefficient (Wildman–Crippen LogP) is 8.37. The minimum absolute atomic E-state index is 0.217. The van der Waals surface area contributed by atoms with Gasteiger partial charge in [-0.25, -0.2) is 4.79 Å². The van der Waals surface area contributed by atoms with Crippen LogP contribution in [0.25, 0.3) is 0 Å². The molecule has 33 heavy (non-hydrogen) atoms. The largest absolute Gasteiger partial charge is 0.450 e. The van der Waals surface area contributed by atoms with Crippen LogP contribution in [-0.2, 0) is 4.74 Å². The molecule has 0 radical (unpaired) electrons. The van der Waals surface area contributed by atoms with E-state index in [2.05, 4.69) is 33.0 Å². The van der Waals surface area contributed by atoms with Crippen molar-refractivity contribution in [3.05, 3.63) is 0 Å². The van der Waals surface area contributed by atoms with E-state index in [4.69, 9.17) is 4.74 Å². The first-order valence-corrected chi connectivity index (χ1v) is 14.8. The molecule has 3 heteroatoms. The Bertz CT molecular complexity index is 649. The van der Waals surface area contributed by atoms with Crippen molar-refractivity contribution in [2.45, 2.75) is 124 Å². The maximum atomic E-state index is 11.9. The fraction of sp³-hybridized carbons (Fsp3) is 0.967. The van der Waals surface area contributed by atoms with Gasteiger partial charge in [-0.2, -0.15) is 0 Å². The monoisotopic (exact) mass is 459 g/mol. The highest BCUT2D eigenvalue weighted by Gasteiger charge is 2.60. The highest BCUT2D eigenvalue weighted by molar-refractivity contribution is 5.66. The Hall–Kier alpha value is -0.730. The molecule has 0 aromatic carbocycles. The highest BCUT2D eigenvalue weighted by atomic mass is 16.5. The predicted molar refractivity (Wildman–Crippen MR) is 137 cm³/mol. The van der Waals surface area contributed by atoms with Crippen molar-refractivity contribution in [2.75, 3.05) is 13.2 Å². The summed E-state index contributed by atoms with van der Waals surface area (Å²) >= 11 is 0. The zero-order valence-electron chi connectivity index (χ0n) is 22.3. The van der Waals surface area contributed by atoms with Gasteiger partial charge in [0, 0.05) is 6.54 Å². The number of hydrogen-bond donors (Lipinski definition) is 1. The van der Waals surface area contributed by atoms with Crippen LogP contribution >= 0.6 is 0 Å². The average molecular weight is 460 g/mol. The van der Waals surface area contributed by atoms with Crippen molar-refractivity contribution in [1.29, 1.82) is 0 Å². The first-order valence-electron chi connectivity index (χ1n) is 14.8. The van der Waals surface area contributed by atoms with Gasteiger partial charge in [-0.3, -0.25) is 0 Å². The van der Waals surface area contributed by atoms with Gasteiger partial charge in [-0.15, -0.1) is 0 Å². The van der Waals surface area contributed by atoms with Crippen LogP contribution in [0.5, 0.6) is 0 Å². The molecule has 4 aliphatic carbocycles. The average Bonchev–Trinajstić information content (AvgIpc) is 3.15. The lowest BCUT2D eigenvalue weighted by atomic mass is 9.42. The lowest BCUT2D eigenvalue weighted by Crippen LogP contribution is -2.55. The van der Waals surface area contributed by atoms with Gasteiger partial charge in [-0.05, 0) is 111 Å². The van der Waals surface area contributed by atoms with E-state index in [9.17, 15) is 4.79 Å². The fourth-order valence-electron chi connectivity index (χ4n) is 9.71. The van der Waals surface area contributed by atoms with Gasteiger partial charge < -0.3 is 10.1 Å². The Balaban J connectivity index is 1.31. The van der Waals surface area contributed by atoms with Crippen molar-refractivity contribution >= 4 is 6.09 Å². The summed E-state index contributed by atoms with van der Waals surface area (Å²) in [5.41, 5.74) is 1.15. The van der Waals surface area contributed by atoms with E-state index in [1.807, 2.05) is 0 Å². The van der Waals surface area contributed by atoms with Gasteiger partial charge in [0.05, 0.1) is 6.61 Å². The Labute approximate surface area is 204 Å². The van der Waals surface area contributed by atoms with Crippen LogP contribution in [0.3, 0.4) is 0 Å². The second-order valence-electron chi connectivity index (χ2n) is 12.9. The van der Waals surface area contributed by atoms with Gasteiger partial charge in [0.25, 0.3) is 0 Å². The van der Waals surface area contributed by atoms with Crippen molar-refractivity contribution in [3.8, 4) is 0 Å². The number of hydrogen-bond acceptors (Lipinski definition) is 2. The Kier molecular flexibility index (Phi) is 8.38. The van der Waals surface area contributed by atoms with E-state index in [1.165, 1.54) is 83.5 Å². The summed E-state index contributed by atoms with van der Waals surface area (Å²) in [6.07, 6.45) is 20.1. The summed E-state index contributed by atoms with van der Waals surface area (Å²) in [5, 5.41) is 2.90. The molecule has 190 valence electrons. The van der Waals surface area contributed by atoms with Gasteiger partial charge in [-0.1, -0.05) is 59.8 Å². The number of carbonyl (C=O) groups is 1. The van der Waals surface area contributed by atoms with Crippen LogP contribution in [0.4, 0.5) is 4.79 Å². The molecule has 0 aromatic heterocycles. The standard InChI is InChI=1S/C30H53NO2/c1-5-7-10-19-31-28(32)33-20-11-12-23-14-15-26-24-21-22(6-2)25-13-8-9-17-30(25,4)27(24)16-18-29(23,26)3/h22-27H,5-21H2,1-4H3,(H,31,32)/t22-,23?,24?,25?,26?,27-,29?,30?/m0/s1. The van der Waals surface area contributed by atoms with Gasteiger partial charge in [0.15, 0.2) is 0 Å². The summed E-state index contributed by atoms with van der Waals surface area (Å²) in [5.74, 6) is 5.71. The smallest absolute Gasteiger partial charge is 0.407 e. The second kappa shape index (κ2) is 10.9. The van der Waals surface area contributed by atoms with E-state index in [0.717, 1.165) is 54.9 Å². The van der Waals surface area contributed by atoms with Crippen molar-refractivity contribution < 1.29 is 9.53 Å². The van der Waals surface area contributed by atoms with Crippen LogP contribution in [0.2, 0.25) is 0 Å². The minimum Gasteiger partial charge on any atom is -0.450 e. The van der Waals surface area contributed by atoms with Gasteiger partial charge in [0.1, 0.15) is 0 Å². The maximum Gasteiger partial charge on any atom is 0.407 e. The molecule has 0 saturated heterocycles. The van der Waals surface area contributed by atoms with Crippen LogP contribution in [0.15, 0.2) is 0 Å². The molecule has 6 unspecified atom stereocenters. The number of ether oxygens (including phenoxy) is 1. The Morgan fingerprint density at radius 2 is 1.73 bits per heavy atom. The van der Waals surface area contributed by atoms with E-state index >= 15 is 0 Å². The van der Waals surface area contributed by atoms with E-state index < -0.39 is 0 Å². The number of fused-ring (bicyclic) bond motifs is 5. The molecular formula is C30H53NO2. The molecule has 4 fully saturated rings. The van der Waals surface area contributed by atoms with Crippen LogP contribution in [-0.4, -0.2) is 19.2 Å². The molecular weight excluding hydrogens is 406 g/mol. The summed E-state index contributed by atoms with van der Waals surface area (Å²) in [6, 6.07) is 0. The quantitative estimate of drug-likeness (QED) is 0.352. The molecule has 0 aliphatic heterocycles. The first-order chi connectivity index (χ1) is 15.9. The molecule has 3 nitrogen and oxygen atoms in total. The number of carbonyl (C=O) groups excluding carboxylic acids is 1. The Morgan fingerprint density at radius 1 is 0.909 bits per heavy atom.